The SMILES string of the molecule is COc1ccc(C(=O)C2CCN(C(=O)Cc3c(C)nn(C)c3C)CC2)cc1. The Balaban J connectivity index is 1.57. The molecule has 1 aromatic heterocycles. The third-order valence-corrected chi connectivity index (χ3v) is 5.58. The Morgan fingerprint density at radius 2 is 1.78 bits per heavy atom. The fourth-order valence-electron chi connectivity index (χ4n) is 3.72. The summed E-state index contributed by atoms with van der Waals surface area (Å²) in [5, 5.41) is 4.38. The topological polar surface area (TPSA) is 64.4 Å². The van der Waals surface area contributed by atoms with Crippen LogP contribution >= 0.6 is 0 Å². The molecule has 0 saturated carbocycles. The average molecular weight is 369 g/mol. The normalized spacial score (nSPS) is 15.0. The molecule has 1 fully saturated rings. The second kappa shape index (κ2) is 7.94. The number of hydrogen-bond donors (Lipinski definition) is 0. The van der Waals surface area contributed by atoms with E-state index < -0.39 is 0 Å². The van der Waals surface area contributed by atoms with Crippen molar-refractivity contribution in [3.8, 4) is 5.75 Å². The molecule has 0 bridgehead atoms. The van der Waals surface area contributed by atoms with Gasteiger partial charge in [0.1, 0.15) is 5.75 Å². The standard InChI is InChI=1S/C21H27N3O3/c1-14-19(15(2)23(3)22-14)13-20(25)24-11-9-17(10-12-24)21(26)16-5-7-18(27-4)8-6-16/h5-8,17H,9-13H2,1-4H3. The summed E-state index contributed by atoms with van der Waals surface area (Å²) in [4.78, 5) is 27.3. The molecule has 1 amide bonds. The molecule has 6 heteroatoms. The molecule has 0 unspecified atom stereocenters. The van der Waals surface area contributed by atoms with Crippen LogP contribution in [0, 0.1) is 19.8 Å². The van der Waals surface area contributed by atoms with Gasteiger partial charge in [0.05, 0.1) is 19.2 Å². The maximum Gasteiger partial charge on any atom is 0.227 e. The van der Waals surface area contributed by atoms with Gasteiger partial charge in [0.25, 0.3) is 0 Å². The van der Waals surface area contributed by atoms with Gasteiger partial charge in [0, 0.05) is 42.9 Å². The Morgan fingerprint density at radius 1 is 1.15 bits per heavy atom. The van der Waals surface area contributed by atoms with E-state index in [1.54, 1.807) is 7.11 Å². The maximum absolute atomic E-state index is 12.7. The van der Waals surface area contributed by atoms with E-state index in [2.05, 4.69) is 5.10 Å². The summed E-state index contributed by atoms with van der Waals surface area (Å²) >= 11 is 0. The highest BCUT2D eigenvalue weighted by Crippen LogP contribution is 2.24. The lowest BCUT2D eigenvalue weighted by Crippen LogP contribution is -2.41. The zero-order valence-corrected chi connectivity index (χ0v) is 16.5. The second-order valence-corrected chi connectivity index (χ2v) is 7.20. The van der Waals surface area contributed by atoms with Gasteiger partial charge in [-0.05, 0) is 51.0 Å². The molecule has 0 spiro atoms. The number of piperidine rings is 1. The number of methoxy groups -OCH3 is 1. The van der Waals surface area contributed by atoms with E-state index >= 15 is 0 Å². The first-order chi connectivity index (χ1) is 12.9. The van der Waals surface area contributed by atoms with Crippen LogP contribution in [0.5, 0.6) is 5.75 Å². The van der Waals surface area contributed by atoms with Crippen LogP contribution in [0.15, 0.2) is 24.3 Å². The van der Waals surface area contributed by atoms with Crippen LogP contribution in [0.4, 0.5) is 0 Å². The molecule has 1 aliphatic rings. The van der Waals surface area contributed by atoms with E-state index in [1.807, 2.05) is 54.7 Å². The first kappa shape index (κ1) is 19.1. The van der Waals surface area contributed by atoms with Crippen molar-refractivity contribution in [3.05, 3.63) is 46.8 Å². The van der Waals surface area contributed by atoms with E-state index in [9.17, 15) is 9.59 Å². The van der Waals surface area contributed by atoms with Crippen LogP contribution in [0.3, 0.4) is 0 Å². The van der Waals surface area contributed by atoms with Crippen molar-refractivity contribution < 1.29 is 14.3 Å². The number of amides is 1. The molecule has 1 saturated heterocycles. The number of benzene rings is 1. The second-order valence-electron chi connectivity index (χ2n) is 7.20. The minimum absolute atomic E-state index is 0.0238. The van der Waals surface area contributed by atoms with E-state index in [4.69, 9.17) is 4.74 Å². The van der Waals surface area contributed by atoms with Crippen molar-refractivity contribution in [2.24, 2.45) is 13.0 Å². The number of ketones is 1. The molecular weight excluding hydrogens is 342 g/mol. The van der Waals surface area contributed by atoms with Gasteiger partial charge < -0.3 is 9.64 Å². The molecule has 1 aliphatic heterocycles. The van der Waals surface area contributed by atoms with Gasteiger partial charge in [-0.1, -0.05) is 0 Å². The molecule has 27 heavy (non-hydrogen) atoms. The van der Waals surface area contributed by atoms with Crippen LogP contribution < -0.4 is 4.74 Å². The Morgan fingerprint density at radius 3 is 2.30 bits per heavy atom. The fraction of sp³-hybridized carbons (Fsp3) is 0.476. The summed E-state index contributed by atoms with van der Waals surface area (Å²) in [6.45, 7) is 5.19. The zero-order chi connectivity index (χ0) is 19.6. The summed E-state index contributed by atoms with van der Waals surface area (Å²) < 4.78 is 6.96. The van der Waals surface area contributed by atoms with Gasteiger partial charge in [0.15, 0.2) is 5.78 Å². The van der Waals surface area contributed by atoms with Crippen molar-refractivity contribution >= 4 is 11.7 Å². The summed E-state index contributed by atoms with van der Waals surface area (Å²) in [6.07, 6.45) is 1.80. The highest BCUT2D eigenvalue weighted by Gasteiger charge is 2.28. The predicted octanol–water partition coefficient (Wildman–Crippen LogP) is 2.71. The largest absolute Gasteiger partial charge is 0.497 e. The number of carbonyl (C=O) groups is 2. The lowest BCUT2D eigenvalue weighted by Gasteiger charge is -2.31. The highest BCUT2D eigenvalue weighted by atomic mass is 16.5. The first-order valence-electron chi connectivity index (χ1n) is 9.35. The number of likely N-dealkylation sites (tertiary alicyclic amines) is 1. The molecule has 0 N–H and O–H groups in total. The van der Waals surface area contributed by atoms with Gasteiger partial charge in [-0.15, -0.1) is 0 Å². The van der Waals surface area contributed by atoms with Crippen molar-refractivity contribution in [1.82, 2.24) is 14.7 Å². The maximum atomic E-state index is 12.7. The molecule has 144 valence electrons. The molecule has 0 atom stereocenters. The van der Waals surface area contributed by atoms with Crippen LogP contribution in [0.1, 0.15) is 40.2 Å². The van der Waals surface area contributed by atoms with Crippen molar-refractivity contribution in [1.29, 1.82) is 0 Å². The van der Waals surface area contributed by atoms with Crippen molar-refractivity contribution in [3.63, 3.8) is 0 Å². The number of aromatic nitrogens is 2. The number of rotatable bonds is 5. The van der Waals surface area contributed by atoms with E-state index in [0.717, 1.165) is 22.7 Å². The molecule has 6 nitrogen and oxygen atoms in total. The molecular formula is C21H27N3O3. The van der Waals surface area contributed by atoms with E-state index in [1.165, 1.54) is 0 Å². The number of ether oxygens (including phenoxy) is 1. The molecule has 2 heterocycles. The molecule has 0 radical (unpaired) electrons. The van der Waals surface area contributed by atoms with E-state index in [-0.39, 0.29) is 17.6 Å². The van der Waals surface area contributed by atoms with Gasteiger partial charge in [-0.2, -0.15) is 5.10 Å². The Bertz CT molecular complexity index is 831. The van der Waals surface area contributed by atoms with Crippen LogP contribution in [-0.2, 0) is 18.3 Å². The summed E-state index contributed by atoms with van der Waals surface area (Å²) in [5.74, 6) is 0.991. The number of hydrogen-bond acceptors (Lipinski definition) is 4. The fourth-order valence-corrected chi connectivity index (χ4v) is 3.72. The Labute approximate surface area is 160 Å². The van der Waals surface area contributed by atoms with Gasteiger partial charge >= 0.3 is 0 Å². The first-order valence-corrected chi connectivity index (χ1v) is 9.35. The van der Waals surface area contributed by atoms with Gasteiger partial charge in [0.2, 0.25) is 5.91 Å². The third kappa shape index (κ3) is 4.04. The third-order valence-electron chi connectivity index (χ3n) is 5.58. The van der Waals surface area contributed by atoms with Crippen molar-refractivity contribution in [2.75, 3.05) is 20.2 Å². The smallest absolute Gasteiger partial charge is 0.227 e. The molecule has 0 aliphatic carbocycles. The lowest BCUT2D eigenvalue weighted by atomic mass is 9.88. The predicted molar refractivity (Wildman–Crippen MR) is 103 cm³/mol. The zero-order valence-electron chi connectivity index (χ0n) is 16.5. The van der Waals surface area contributed by atoms with Gasteiger partial charge in [-0.3, -0.25) is 14.3 Å². The van der Waals surface area contributed by atoms with E-state index in [0.29, 0.717) is 37.9 Å². The Hall–Kier alpha value is -2.63. The van der Waals surface area contributed by atoms with Crippen LogP contribution in [-0.4, -0.2) is 46.6 Å². The minimum Gasteiger partial charge on any atom is -0.497 e. The minimum atomic E-state index is -0.0238. The van der Waals surface area contributed by atoms with Gasteiger partial charge in [-0.25, -0.2) is 0 Å². The number of Topliss-reactive ketones (excluding diaryl/α,β-unsaturated/α-hetero) is 1. The van der Waals surface area contributed by atoms with Crippen molar-refractivity contribution in [2.45, 2.75) is 33.1 Å². The average Bonchev–Trinajstić information content (AvgIpc) is 2.93. The number of carbonyl (C=O) groups excluding carboxylic acids is 2. The lowest BCUT2D eigenvalue weighted by molar-refractivity contribution is -0.131. The number of aryl methyl sites for hydroxylation is 2. The monoisotopic (exact) mass is 369 g/mol. The Kier molecular flexibility index (Phi) is 5.63. The summed E-state index contributed by atoms with van der Waals surface area (Å²) in [5.41, 5.74) is 3.67. The highest BCUT2D eigenvalue weighted by molar-refractivity contribution is 5.98. The summed E-state index contributed by atoms with van der Waals surface area (Å²) in [6, 6.07) is 7.24. The quantitative estimate of drug-likeness (QED) is 0.760. The molecule has 2 aromatic rings. The molecule has 3 rings (SSSR count). The van der Waals surface area contributed by atoms with Crippen LogP contribution in [0.25, 0.3) is 0 Å². The number of nitrogens with zero attached hydrogens (tertiary/aromatic N) is 3. The summed E-state index contributed by atoms with van der Waals surface area (Å²) in [7, 11) is 3.50. The molecule has 1 aromatic carbocycles. The van der Waals surface area contributed by atoms with Crippen LogP contribution in [0.2, 0.25) is 0 Å².